The number of hydrogen-bond donors (Lipinski definition) is 4. The molecule has 1 atom stereocenters. The molecule has 0 unspecified atom stereocenters. The van der Waals surface area contributed by atoms with Crippen LogP contribution >= 0.6 is 0 Å². The highest BCUT2D eigenvalue weighted by Gasteiger charge is 2.33. The molecule has 0 bridgehead atoms. The number of rotatable bonds is 6. The van der Waals surface area contributed by atoms with Gasteiger partial charge in [0.1, 0.15) is 12.0 Å². The number of aromatic nitrogens is 7. The molecule has 10 heteroatoms. The lowest BCUT2D eigenvalue weighted by Crippen LogP contribution is -2.41. The molecule has 43 heavy (non-hydrogen) atoms. The molecule has 0 amide bonds. The molecule has 4 N–H and O–H groups in total. The molecule has 1 aliphatic carbocycles. The second kappa shape index (κ2) is 9.96. The van der Waals surface area contributed by atoms with Crippen molar-refractivity contribution in [1.82, 2.24) is 40.2 Å². The van der Waals surface area contributed by atoms with Crippen LogP contribution in [0.4, 0.5) is 0 Å². The van der Waals surface area contributed by atoms with Crippen LogP contribution in [0.1, 0.15) is 55.3 Å². The second-order valence-electron chi connectivity index (χ2n) is 12.1. The quantitative estimate of drug-likeness (QED) is 0.227. The Morgan fingerprint density at radius 3 is 2.79 bits per heavy atom. The van der Waals surface area contributed by atoms with E-state index in [9.17, 15) is 9.90 Å². The van der Waals surface area contributed by atoms with E-state index < -0.39 is 0 Å². The maximum atomic E-state index is 13.7. The lowest BCUT2D eigenvalue weighted by Gasteiger charge is -2.33. The van der Waals surface area contributed by atoms with Crippen LogP contribution in [0.5, 0.6) is 0 Å². The van der Waals surface area contributed by atoms with Crippen LogP contribution in [-0.2, 0) is 12.0 Å². The highest BCUT2D eigenvalue weighted by molar-refractivity contribution is 5.95. The zero-order chi connectivity index (χ0) is 29.1. The summed E-state index contributed by atoms with van der Waals surface area (Å²) in [6, 6.07) is 13.7. The van der Waals surface area contributed by atoms with Crippen LogP contribution in [0.15, 0.2) is 66.0 Å². The van der Waals surface area contributed by atoms with Gasteiger partial charge in [-0.05, 0) is 68.0 Å². The summed E-state index contributed by atoms with van der Waals surface area (Å²) in [5.74, 6) is 0.593. The second-order valence-corrected chi connectivity index (χ2v) is 12.1. The predicted octanol–water partition coefficient (Wildman–Crippen LogP) is 4.72. The number of aromatic amines is 2. The standard InChI is InChI=1S/C33H32N8O2/c1-33(10-3-11-34-17-33)30-25(15-37-40-30)27-13-24-29(35-18-36-31(24)39-27)23-4-2-5-28(26(23)16-42)41-32(43)22-9-8-20(19-6-7-19)12-21(22)14-38-41/h2,4-5,8-9,12-15,18-19,34,42H,3,6-7,10-11,16-17H2,1H3,(H,37,40)(H,35,36,39)/t33-/m0/s1. The largest absolute Gasteiger partial charge is 0.392 e. The van der Waals surface area contributed by atoms with Gasteiger partial charge >= 0.3 is 0 Å². The van der Waals surface area contributed by atoms with Crippen LogP contribution in [0.2, 0.25) is 0 Å². The van der Waals surface area contributed by atoms with Crippen molar-refractivity contribution in [2.75, 3.05) is 13.1 Å². The first-order valence-corrected chi connectivity index (χ1v) is 14.9. The van der Waals surface area contributed by atoms with Gasteiger partial charge in [-0.2, -0.15) is 14.9 Å². The molecule has 2 aliphatic rings. The van der Waals surface area contributed by atoms with Gasteiger partial charge in [-0.3, -0.25) is 9.89 Å². The van der Waals surface area contributed by atoms with E-state index in [1.165, 1.54) is 29.4 Å². The molecule has 2 aromatic carbocycles. The molecule has 0 radical (unpaired) electrons. The van der Waals surface area contributed by atoms with E-state index in [0.29, 0.717) is 39.5 Å². The smallest absolute Gasteiger partial charge is 0.279 e. The van der Waals surface area contributed by atoms with Gasteiger partial charge in [0, 0.05) is 39.4 Å². The molecule has 1 saturated carbocycles. The normalized spacial score (nSPS) is 18.9. The number of fused-ring (bicyclic) bond motifs is 2. The Bertz CT molecular complexity index is 2060. The minimum Gasteiger partial charge on any atom is -0.392 e. The van der Waals surface area contributed by atoms with Crippen molar-refractivity contribution in [3.05, 3.63) is 88.4 Å². The summed E-state index contributed by atoms with van der Waals surface area (Å²) >= 11 is 0. The first-order valence-electron chi connectivity index (χ1n) is 14.9. The highest BCUT2D eigenvalue weighted by atomic mass is 16.3. The summed E-state index contributed by atoms with van der Waals surface area (Å²) in [4.78, 5) is 26.3. The molecular formula is C33H32N8O2. The van der Waals surface area contributed by atoms with Crippen molar-refractivity contribution < 1.29 is 5.11 Å². The maximum Gasteiger partial charge on any atom is 0.279 e. The van der Waals surface area contributed by atoms with Crippen LogP contribution in [0.25, 0.3) is 50.0 Å². The fourth-order valence-electron chi connectivity index (χ4n) is 6.69. The highest BCUT2D eigenvalue weighted by Crippen LogP contribution is 2.41. The Morgan fingerprint density at radius 1 is 1.07 bits per heavy atom. The fraction of sp³-hybridized carbons (Fsp3) is 0.303. The number of nitrogens with one attached hydrogen (secondary N) is 3. The Balaban J connectivity index is 1.24. The van der Waals surface area contributed by atoms with E-state index in [0.717, 1.165) is 53.7 Å². The monoisotopic (exact) mass is 572 g/mol. The van der Waals surface area contributed by atoms with Gasteiger partial charge in [0.2, 0.25) is 0 Å². The Labute approximate surface area is 247 Å². The molecule has 5 heterocycles. The molecule has 8 rings (SSSR count). The van der Waals surface area contributed by atoms with Gasteiger partial charge in [0.25, 0.3) is 5.56 Å². The van der Waals surface area contributed by atoms with Crippen LogP contribution in [0, 0.1) is 0 Å². The van der Waals surface area contributed by atoms with E-state index in [1.807, 2.05) is 42.6 Å². The zero-order valence-corrected chi connectivity index (χ0v) is 23.9. The summed E-state index contributed by atoms with van der Waals surface area (Å²) in [5.41, 5.74) is 7.11. The maximum absolute atomic E-state index is 13.7. The average molecular weight is 573 g/mol. The van der Waals surface area contributed by atoms with E-state index in [4.69, 9.17) is 0 Å². The molecular weight excluding hydrogens is 540 g/mol. The summed E-state index contributed by atoms with van der Waals surface area (Å²) in [5, 5.41) is 28.6. The lowest BCUT2D eigenvalue weighted by molar-refractivity contribution is 0.282. The molecule has 6 aromatic rings. The number of nitrogens with zero attached hydrogens (tertiary/aromatic N) is 5. The topological polar surface area (TPSA) is 137 Å². The van der Waals surface area contributed by atoms with Crippen LogP contribution < -0.4 is 10.9 Å². The lowest BCUT2D eigenvalue weighted by atomic mass is 9.78. The van der Waals surface area contributed by atoms with Crippen molar-refractivity contribution in [3.63, 3.8) is 0 Å². The number of piperidine rings is 1. The predicted molar refractivity (Wildman–Crippen MR) is 165 cm³/mol. The molecule has 1 saturated heterocycles. The van der Waals surface area contributed by atoms with Crippen LogP contribution in [-0.4, -0.2) is 53.1 Å². The summed E-state index contributed by atoms with van der Waals surface area (Å²) < 4.78 is 1.38. The SMILES string of the molecule is C[C@]1(c2[nH]ncc2-c2cc3c(-c4cccc(-n5ncc6cc(C7CC7)ccc6c5=O)c4CO)ncnc3[nH]2)CCCNC1. The molecule has 2 fully saturated rings. The molecule has 0 spiro atoms. The molecule has 216 valence electrons. The van der Waals surface area contributed by atoms with Gasteiger partial charge in [-0.15, -0.1) is 0 Å². The van der Waals surface area contributed by atoms with Crippen molar-refractivity contribution in [2.24, 2.45) is 0 Å². The third-order valence-corrected chi connectivity index (χ3v) is 9.21. The third kappa shape index (κ3) is 4.28. The summed E-state index contributed by atoms with van der Waals surface area (Å²) in [7, 11) is 0. The Hall–Kier alpha value is -4.67. The summed E-state index contributed by atoms with van der Waals surface area (Å²) in [6.45, 7) is 3.87. The number of aliphatic hydroxyl groups is 1. The van der Waals surface area contributed by atoms with Crippen molar-refractivity contribution in [3.8, 4) is 28.2 Å². The van der Waals surface area contributed by atoms with Crippen LogP contribution in [0.3, 0.4) is 0 Å². The zero-order valence-electron chi connectivity index (χ0n) is 23.9. The number of H-pyrrole nitrogens is 2. The first kappa shape index (κ1) is 26.0. The minimum atomic E-state index is -0.293. The van der Waals surface area contributed by atoms with E-state index in [-0.39, 0.29) is 17.6 Å². The summed E-state index contributed by atoms with van der Waals surface area (Å²) in [6.07, 6.45) is 9.68. The van der Waals surface area contributed by atoms with Gasteiger partial charge in [0.05, 0.1) is 47.2 Å². The average Bonchev–Trinajstić information content (AvgIpc) is 3.59. The van der Waals surface area contributed by atoms with E-state index in [2.05, 4.69) is 48.6 Å². The Kier molecular flexibility index (Phi) is 6.02. The number of benzene rings is 2. The van der Waals surface area contributed by atoms with Gasteiger partial charge in [-0.1, -0.05) is 25.1 Å². The van der Waals surface area contributed by atoms with Crippen molar-refractivity contribution in [2.45, 2.75) is 50.5 Å². The molecule has 10 nitrogen and oxygen atoms in total. The third-order valence-electron chi connectivity index (χ3n) is 9.21. The molecule has 1 aliphatic heterocycles. The first-order chi connectivity index (χ1) is 21.0. The number of hydrogen-bond acceptors (Lipinski definition) is 7. The van der Waals surface area contributed by atoms with E-state index in [1.54, 1.807) is 6.20 Å². The van der Waals surface area contributed by atoms with Gasteiger partial charge < -0.3 is 15.4 Å². The van der Waals surface area contributed by atoms with Gasteiger partial charge in [0.15, 0.2) is 0 Å². The fourth-order valence-corrected chi connectivity index (χ4v) is 6.69. The van der Waals surface area contributed by atoms with E-state index >= 15 is 0 Å². The molecule has 4 aromatic heterocycles. The number of aliphatic hydroxyl groups excluding tert-OH is 1. The van der Waals surface area contributed by atoms with Gasteiger partial charge in [-0.25, -0.2) is 9.97 Å². The van der Waals surface area contributed by atoms with Crippen molar-refractivity contribution in [1.29, 1.82) is 0 Å². The van der Waals surface area contributed by atoms with Crippen molar-refractivity contribution >= 4 is 21.8 Å². The Morgan fingerprint density at radius 2 is 1.98 bits per heavy atom. The minimum absolute atomic E-state index is 0.0616.